The van der Waals surface area contributed by atoms with Crippen molar-refractivity contribution in [2.45, 2.75) is 12.7 Å². The lowest BCUT2D eigenvalue weighted by molar-refractivity contribution is 0.601. The number of nitrogens with one attached hydrogen (secondary N) is 1. The number of anilines is 1. The lowest BCUT2D eigenvalue weighted by Gasteiger charge is -2.09. The number of benzene rings is 1. The Bertz CT molecular complexity index is 530. The Morgan fingerprint density at radius 2 is 1.94 bits per heavy atom. The molecule has 18 heavy (non-hydrogen) atoms. The van der Waals surface area contributed by atoms with Gasteiger partial charge < -0.3 is 5.32 Å². The van der Waals surface area contributed by atoms with Gasteiger partial charge in [-0.25, -0.2) is 8.42 Å². The van der Waals surface area contributed by atoms with Gasteiger partial charge in [0, 0.05) is 18.5 Å². The van der Waals surface area contributed by atoms with Gasteiger partial charge in [-0.1, -0.05) is 42.5 Å². The molecule has 0 radical (unpaired) electrons. The predicted molar refractivity (Wildman–Crippen MR) is 77.4 cm³/mol. The van der Waals surface area contributed by atoms with Gasteiger partial charge in [-0.2, -0.15) is 0 Å². The molecule has 0 unspecified atom stereocenters. The molecule has 0 amide bonds. The van der Waals surface area contributed by atoms with E-state index in [0.29, 0.717) is 6.54 Å². The molecule has 1 aromatic rings. The average molecular weight is 265 g/mol. The van der Waals surface area contributed by atoms with Crippen LogP contribution in [0.1, 0.15) is 12.5 Å². The van der Waals surface area contributed by atoms with Gasteiger partial charge in [-0.3, -0.25) is 0 Å². The number of para-hydroxylation sites is 1. The molecular formula is C14H19NO2S. The zero-order valence-electron chi connectivity index (χ0n) is 10.8. The van der Waals surface area contributed by atoms with Gasteiger partial charge in [0.15, 0.2) is 9.84 Å². The van der Waals surface area contributed by atoms with E-state index < -0.39 is 9.84 Å². The number of hydrogen-bond acceptors (Lipinski definition) is 3. The third-order valence-corrected chi connectivity index (χ3v) is 3.12. The van der Waals surface area contributed by atoms with Gasteiger partial charge in [-0.15, -0.1) is 0 Å². The van der Waals surface area contributed by atoms with Crippen LogP contribution in [-0.4, -0.2) is 21.2 Å². The molecule has 0 saturated heterocycles. The van der Waals surface area contributed by atoms with Gasteiger partial charge in [0.2, 0.25) is 0 Å². The molecule has 0 aliphatic carbocycles. The Hall–Kier alpha value is -1.55. The van der Waals surface area contributed by atoms with Crippen molar-refractivity contribution in [3.63, 3.8) is 0 Å². The normalized spacial score (nSPS) is 12.3. The van der Waals surface area contributed by atoms with Crippen LogP contribution in [0.3, 0.4) is 0 Å². The first-order chi connectivity index (χ1) is 8.53. The quantitative estimate of drug-likeness (QED) is 0.804. The van der Waals surface area contributed by atoms with Gasteiger partial charge in [0.1, 0.15) is 0 Å². The molecule has 1 aromatic carbocycles. The molecule has 0 fully saturated rings. The van der Waals surface area contributed by atoms with Crippen molar-refractivity contribution in [1.29, 1.82) is 0 Å². The van der Waals surface area contributed by atoms with Crippen LogP contribution in [0.4, 0.5) is 5.69 Å². The van der Waals surface area contributed by atoms with Crippen LogP contribution in [0.2, 0.25) is 0 Å². The Balaban J connectivity index is 2.71. The zero-order valence-corrected chi connectivity index (χ0v) is 11.6. The first kappa shape index (κ1) is 14.5. The van der Waals surface area contributed by atoms with Crippen molar-refractivity contribution >= 4 is 15.5 Å². The van der Waals surface area contributed by atoms with E-state index in [2.05, 4.69) is 5.32 Å². The van der Waals surface area contributed by atoms with Crippen molar-refractivity contribution in [3.8, 4) is 0 Å². The molecule has 98 valence electrons. The molecular weight excluding hydrogens is 246 g/mol. The molecule has 0 aromatic heterocycles. The monoisotopic (exact) mass is 265 g/mol. The molecule has 0 heterocycles. The van der Waals surface area contributed by atoms with Crippen molar-refractivity contribution in [2.24, 2.45) is 0 Å². The summed E-state index contributed by atoms with van der Waals surface area (Å²) in [5.41, 5.74) is 1.67. The fourth-order valence-corrected chi connectivity index (χ4v) is 2.34. The van der Waals surface area contributed by atoms with E-state index in [1.165, 1.54) is 6.26 Å². The smallest absolute Gasteiger partial charge is 0.151 e. The highest BCUT2D eigenvalue weighted by Gasteiger charge is 2.07. The summed E-state index contributed by atoms with van der Waals surface area (Å²) in [6.07, 6.45) is 9.08. The summed E-state index contributed by atoms with van der Waals surface area (Å²) >= 11 is 0. The summed E-state index contributed by atoms with van der Waals surface area (Å²) in [6.45, 7) is 2.63. The summed E-state index contributed by atoms with van der Waals surface area (Å²) in [7, 11) is -3.01. The third kappa shape index (κ3) is 5.68. The van der Waals surface area contributed by atoms with Crippen LogP contribution in [0.15, 0.2) is 48.6 Å². The lowest BCUT2D eigenvalue weighted by Crippen LogP contribution is -2.06. The van der Waals surface area contributed by atoms with E-state index in [-0.39, 0.29) is 5.75 Å². The molecule has 1 rings (SSSR count). The summed E-state index contributed by atoms with van der Waals surface area (Å²) in [4.78, 5) is 0. The fraction of sp³-hybridized carbons (Fsp3) is 0.286. The van der Waals surface area contributed by atoms with Crippen LogP contribution in [-0.2, 0) is 15.6 Å². The number of sulfone groups is 1. The summed E-state index contributed by atoms with van der Waals surface area (Å²) in [5.74, 6) is 0.0642. The second-order valence-electron chi connectivity index (χ2n) is 4.06. The number of rotatable bonds is 6. The molecule has 0 aliphatic rings. The van der Waals surface area contributed by atoms with E-state index in [4.69, 9.17) is 0 Å². The van der Waals surface area contributed by atoms with Crippen LogP contribution in [0.25, 0.3) is 0 Å². The number of allylic oxidation sites excluding steroid dienone is 3. The Labute approximate surface area is 109 Å². The number of hydrogen-bond donors (Lipinski definition) is 1. The van der Waals surface area contributed by atoms with Gasteiger partial charge in [0.05, 0.1) is 5.75 Å². The summed E-state index contributed by atoms with van der Waals surface area (Å²) in [6, 6.07) is 7.47. The lowest BCUT2D eigenvalue weighted by atomic mass is 10.2. The molecule has 0 aliphatic heterocycles. The highest BCUT2D eigenvalue weighted by Crippen LogP contribution is 2.17. The van der Waals surface area contributed by atoms with Crippen LogP contribution < -0.4 is 5.32 Å². The Morgan fingerprint density at radius 3 is 2.61 bits per heavy atom. The SMILES string of the molecule is CC=CC=CCNc1ccccc1CS(C)(=O)=O. The maximum atomic E-state index is 11.3. The first-order valence-corrected chi connectivity index (χ1v) is 7.86. The van der Waals surface area contributed by atoms with E-state index in [1.807, 2.05) is 55.5 Å². The second kappa shape index (κ2) is 7.01. The minimum absolute atomic E-state index is 0.0642. The summed E-state index contributed by atoms with van der Waals surface area (Å²) in [5, 5.41) is 3.21. The minimum atomic E-state index is -3.01. The van der Waals surface area contributed by atoms with E-state index >= 15 is 0 Å². The average Bonchev–Trinajstić information content (AvgIpc) is 2.29. The van der Waals surface area contributed by atoms with Crippen LogP contribution in [0.5, 0.6) is 0 Å². The van der Waals surface area contributed by atoms with Gasteiger partial charge in [-0.05, 0) is 18.6 Å². The molecule has 3 nitrogen and oxygen atoms in total. The molecule has 0 bridgehead atoms. The molecule has 0 saturated carbocycles. The van der Waals surface area contributed by atoms with Crippen molar-refractivity contribution in [2.75, 3.05) is 18.1 Å². The standard InChI is InChI=1S/C14H19NO2S/c1-3-4-5-8-11-15-14-10-7-6-9-13(14)12-18(2,16)17/h3-10,15H,11-12H2,1-2H3. The topological polar surface area (TPSA) is 46.2 Å². The minimum Gasteiger partial charge on any atom is -0.381 e. The van der Waals surface area contributed by atoms with E-state index in [9.17, 15) is 8.42 Å². The van der Waals surface area contributed by atoms with Crippen molar-refractivity contribution in [3.05, 3.63) is 54.1 Å². The van der Waals surface area contributed by atoms with Crippen LogP contribution >= 0.6 is 0 Å². The second-order valence-corrected chi connectivity index (χ2v) is 6.20. The van der Waals surface area contributed by atoms with Crippen molar-refractivity contribution in [1.82, 2.24) is 0 Å². The van der Waals surface area contributed by atoms with Gasteiger partial charge >= 0.3 is 0 Å². The van der Waals surface area contributed by atoms with Gasteiger partial charge in [0.25, 0.3) is 0 Å². The first-order valence-electron chi connectivity index (χ1n) is 5.80. The fourth-order valence-electron chi connectivity index (χ4n) is 1.53. The van der Waals surface area contributed by atoms with Crippen LogP contribution in [0, 0.1) is 0 Å². The molecule has 4 heteroatoms. The molecule has 0 spiro atoms. The highest BCUT2D eigenvalue weighted by atomic mass is 32.2. The van der Waals surface area contributed by atoms with E-state index in [1.54, 1.807) is 0 Å². The third-order valence-electron chi connectivity index (χ3n) is 2.29. The highest BCUT2D eigenvalue weighted by molar-refractivity contribution is 7.89. The molecule has 0 atom stereocenters. The van der Waals surface area contributed by atoms with Crippen molar-refractivity contribution < 1.29 is 8.42 Å². The zero-order chi connectivity index (χ0) is 13.4. The van der Waals surface area contributed by atoms with E-state index in [0.717, 1.165) is 11.3 Å². The summed E-state index contributed by atoms with van der Waals surface area (Å²) < 4.78 is 22.6. The Kier molecular flexibility index (Phi) is 5.65. The maximum absolute atomic E-state index is 11.3. The predicted octanol–water partition coefficient (Wildman–Crippen LogP) is 2.78. The Morgan fingerprint density at radius 1 is 1.22 bits per heavy atom. The maximum Gasteiger partial charge on any atom is 0.151 e. The molecule has 1 N–H and O–H groups in total. The largest absolute Gasteiger partial charge is 0.381 e.